The van der Waals surface area contributed by atoms with Crippen molar-refractivity contribution in [3.05, 3.63) is 90.8 Å². The maximum absolute atomic E-state index is 14.7. The molecule has 9 heteroatoms. The summed E-state index contributed by atoms with van der Waals surface area (Å²) >= 11 is 0. The molecular formula is C52H75FN4O4. The number of fused-ring (bicyclic) bond motifs is 2. The van der Waals surface area contributed by atoms with Crippen molar-refractivity contribution in [2.45, 2.75) is 194 Å². The highest BCUT2D eigenvalue weighted by Gasteiger charge is 2.35. The van der Waals surface area contributed by atoms with Gasteiger partial charge in [0.25, 0.3) is 22.9 Å². The van der Waals surface area contributed by atoms with Crippen molar-refractivity contribution in [3.63, 3.8) is 0 Å². The number of hydrogen-bond donors (Lipinski definition) is 2. The Morgan fingerprint density at radius 1 is 0.426 bits per heavy atom. The summed E-state index contributed by atoms with van der Waals surface area (Å²) in [6.45, 7) is 5.45. The van der Waals surface area contributed by atoms with Gasteiger partial charge in [0.05, 0.1) is 22.5 Å². The zero-order chi connectivity index (χ0) is 43.2. The molecule has 0 aliphatic carbocycles. The molecular weight excluding hydrogens is 764 g/mol. The first-order chi connectivity index (χ1) is 29.9. The summed E-state index contributed by atoms with van der Waals surface area (Å²) in [5.74, 6) is -1.32. The molecule has 3 heterocycles. The molecule has 0 unspecified atom stereocenters. The molecule has 0 fully saturated rings. The van der Waals surface area contributed by atoms with Crippen molar-refractivity contribution in [3.8, 4) is 0 Å². The highest BCUT2D eigenvalue weighted by atomic mass is 19.1. The molecule has 0 saturated carbocycles. The van der Waals surface area contributed by atoms with E-state index in [4.69, 9.17) is 0 Å². The van der Waals surface area contributed by atoms with Gasteiger partial charge in [-0.15, -0.1) is 0 Å². The van der Waals surface area contributed by atoms with Gasteiger partial charge in [-0.2, -0.15) is 0 Å². The SMILES string of the molecule is CCCCCCCCCCCCCCCCN1C(=O)/C(=c2\[nH]c(=O)/c(=C3/C(=O)N(CCCCCCCCCCCCCCCC)c4ccc(F)cc43)[nH]c2=O)c2ccccc21. The van der Waals surface area contributed by atoms with Gasteiger partial charge in [0.1, 0.15) is 16.5 Å². The number of unbranched alkanes of at least 4 members (excludes halogenated alkanes) is 26. The molecule has 0 spiro atoms. The normalized spacial score (nSPS) is 15.3. The zero-order valence-electron chi connectivity index (χ0n) is 37.7. The van der Waals surface area contributed by atoms with Crippen LogP contribution in [0.15, 0.2) is 52.1 Å². The van der Waals surface area contributed by atoms with Crippen LogP contribution in [0.2, 0.25) is 0 Å². The number of benzene rings is 2. The summed E-state index contributed by atoms with van der Waals surface area (Å²) in [7, 11) is 0. The molecule has 2 aliphatic heterocycles. The summed E-state index contributed by atoms with van der Waals surface area (Å²) in [5.41, 5.74) is 0.803. The molecule has 2 aliphatic rings. The van der Waals surface area contributed by atoms with Gasteiger partial charge >= 0.3 is 0 Å². The van der Waals surface area contributed by atoms with E-state index in [-0.39, 0.29) is 33.3 Å². The van der Waals surface area contributed by atoms with E-state index in [0.29, 0.717) is 30.0 Å². The van der Waals surface area contributed by atoms with Crippen molar-refractivity contribution in [2.24, 2.45) is 0 Å². The van der Waals surface area contributed by atoms with Crippen LogP contribution in [0.5, 0.6) is 0 Å². The minimum atomic E-state index is -0.713. The number of amides is 2. The van der Waals surface area contributed by atoms with Gasteiger partial charge in [-0.1, -0.05) is 199 Å². The van der Waals surface area contributed by atoms with Gasteiger partial charge in [0.15, 0.2) is 0 Å². The fraction of sp³-hybridized carbons (Fsp3) is 0.615. The van der Waals surface area contributed by atoms with Crippen LogP contribution in [0, 0.1) is 5.82 Å². The monoisotopic (exact) mass is 839 g/mol. The van der Waals surface area contributed by atoms with Crippen LogP contribution in [-0.4, -0.2) is 34.9 Å². The van der Waals surface area contributed by atoms with Crippen molar-refractivity contribution in [1.82, 2.24) is 9.97 Å². The zero-order valence-corrected chi connectivity index (χ0v) is 37.7. The van der Waals surface area contributed by atoms with Crippen molar-refractivity contribution >= 4 is 34.3 Å². The Kier molecular flexibility index (Phi) is 20.6. The fourth-order valence-electron chi connectivity index (χ4n) is 9.26. The fourth-order valence-corrected chi connectivity index (χ4v) is 9.26. The van der Waals surface area contributed by atoms with E-state index < -0.39 is 22.8 Å². The maximum atomic E-state index is 14.7. The summed E-state index contributed by atoms with van der Waals surface area (Å²) in [6.07, 6.45) is 34.6. The Morgan fingerprint density at radius 3 is 1.18 bits per heavy atom. The second kappa shape index (κ2) is 26.3. The number of nitrogens with zero attached hydrogens (tertiary/aromatic N) is 2. The lowest BCUT2D eigenvalue weighted by Gasteiger charge is -2.17. The molecule has 0 radical (unpaired) electrons. The Morgan fingerprint density at radius 2 is 0.770 bits per heavy atom. The van der Waals surface area contributed by atoms with Crippen molar-refractivity contribution in [1.29, 1.82) is 0 Å². The molecule has 2 aromatic carbocycles. The first-order valence-electron chi connectivity index (χ1n) is 24.5. The molecule has 61 heavy (non-hydrogen) atoms. The highest BCUT2D eigenvalue weighted by molar-refractivity contribution is 6.32. The number of aromatic nitrogens is 2. The molecule has 2 N–H and O–H groups in total. The minimum absolute atomic E-state index is 0.0349. The Bertz CT molecular complexity index is 2090. The highest BCUT2D eigenvalue weighted by Crippen LogP contribution is 2.37. The summed E-state index contributed by atoms with van der Waals surface area (Å²) in [6, 6.07) is 11.5. The first kappa shape index (κ1) is 47.8. The summed E-state index contributed by atoms with van der Waals surface area (Å²) < 4.78 is 14.7. The van der Waals surface area contributed by atoms with E-state index in [1.54, 1.807) is 21.9 Å². The molecule has 1 aromatic heterocycles. The predicted octanol–water partition coefficient (Wildman–Crippen LogP) is 11.3. The van der Waals surface area contributed by atoms with Gasteiger partial charge in [-0.3, -0.25) is 19.2 Å². The molecule has 2 amide bonds. The third kappa shape index (κ3) is 13.9. The Balaban J connectivity index is 1.17. The number of halogens is 1. The number of carbonyl (C=O) groups is 2. The van der Waals surface area contributed by atoms with Crippen LogP contribution in [0.25, 0.3) is 11.1 Å². The van der Waals surface area contributed by atoms with Crippen LogP contribution in [0.1, 0.15) is 205 Å². The van der Waals surface area contributed by atoms with Crippen LogP contribution < -0.4 is 31.6 Å². The Labute approximate surface area is 364 Å². The number of carbonyl (C=O) groups excluding carboxylic acids is 2. The second-order valence-electron chi connectivity index (χ2n) is 17.7. The number of aromatic amines is 2. The van der Waals surface area contributed by atoms with E-state index in [1.165, 1.54) is 147 Å². The molecule has 0 saturated heterocycles. The lowest BCUT2D eigenvalue weighted by atomic mass is 10.0. The Hall–Kier alpha value is -4.27. The van der Waals surface area contributed by atoms with Crippen molar-refractivity contribution in [2.75, 3.05) is 22.9 Å². The summed E-state index contributed by atoms with van der Waals surface area (Å²) in [5, 5.41) is -0.368. The van der Waals surface area contributed by atoms with E-state index in [1.807, 2.05) is 18.2 Å². The number of anilines is 2. The molecule has 5 rings (SSSR count). The van der Waals surface area contributed by atoms with E-state index in [2.05, 4.69) is 23.8 Å². The van der Waals surface area contributed by atoms with Crippen molar-refractivity contribution < 1.29 is 14.0 Å². The lowest BCUT2D eigenvalue weighted by molar-refractivity contribution is -0.113. The molecule has 334 valence electrons. The third-order valence-electron chi connectivity index (χ3n) is 12.8. The van der Waals surface area contributed by atoms with Gasteiger partial charge in [0.2, 0.25) is 0 Å². The van der Waals surface area contributed by atoms with Crippen LogP contribution in [0.4, 0.5) is 15.8 Å². The van der Waals surface area contributed by atoms with Gasteiger partial charge in [-0.05, 0) is 37.1 Å². The largest absolute Gasteiger partial charge is 0.315 e. The average molecular weight is 839 g/mol. The smallest absolute Gasteiger partial charge is 0.273 e. The number of para-hydroxylation sites is 1. The van der Waals surface area contributed by atoms with Gasteiger partial charge < -0.3 is 19.8 Å². The van der Waals surface area contributed by atoms with Gasteiger partial charge in [0, 0.05) is 24.2 Å². The maximum Gasteiger partial charge on any atom is 0.273 e. The van der Waals surface area contributed by atoms with Crippen LogP contribution in [-0.2, 0) is 9.59 Å². The van der Waals surface area contributed by atoms with E-state index in [9.17, 15) is 23.6 Å². The van der Waals surface area contributed by atoms with Crippen LogP contribution >= 0.6 is 0 Å². The van der Waals surface area contributed by atoms with Crippen LogP contribution in [0.3, 0.4) is 0 Å². The third-order valence-corrected chi connectivity index (χ3v) is 12.8. The quantitative estimate of drug-likeness (QED) is 0.0652. The number of rotatable bonds is 30. The molecule has 0 atom stereocenters. The lowest BCUT2D eigenvalue weighted by Crippen LogP contribution is -2.50. The number of nitrogens with one attached hydrogen (secondary N) is 2. The standard InChI is InChI=1S/C52H75FN4O4/c1-3-5-7-9-11-13-15-17-19-21-23-25-27-31-37-56-43-34-30-29-33-41(43)45(51(56)60)47-49(58)55-48(50(59)54-47)46-42-39-40(53)35-36-44(42)57(52(46)61)38-32-28-26-24-22-20-18-16-14-12-10-8-6-4-2/h29-30,33-36,39H,3-28,31-32,37-38H2,1-2H3,(H,54,59)(H,55,58)/b47-45-,48-46-. The van der Waals surface area contributed by atoms with E-state index >= 15 is 0 Å². The average Bonchev–Trinajstić information content (AvgIpc) is 3.69. The summed E-state index contributed by atoms with van der Waals surface area (Å²) in [4.78, 5) is 64.4. The molecule has 3 aromatic rings. The first-order valence-corrected chi connectivity index (χ1v) is 24.5. The molecule has 8 nitrogen and oxygen atoms in total. The second-order valence-corrected chi connectivity index (χ2v) is 17.7. The van der Waals surface area contributed by atoms with Gasteiger partial charge in [-0.25, -0.2) is 4.39 Å². The topological polar surface area (TPSA) is 106 Å². The number of hydrogen-bond acceptors (Lipinski definition) is 4. The van der Waals surface area contributed by atoms with E-state index in [0.717, 1.165) is 44.9 Å². The minimum Gasteiger partial charge on any atom is -0.315 e. The predicted molar refractivity (Wildman–Crippen MR) is 250 cm³/mol. The molecule has 0 bridgehead atoms. The number of H-pyrrole nitrogens is 2.